The molecule has 0 spiro atoms. The predicted molar refractivity (Wildman–Crippen MR) is 137 cm³/mol. The van der Waals surface area contributed by atoms with Crippen LogP contribution in [0.15, 0.2) is 65.7 Å². The van der Waals surface area contributed by atoms with Crippen molar-refractivity contribution in [3.63, 3.8) is 0 Å². The number of hydrogen-bond donors (Lipinski definition) is 3. The van der Waals surface area contributed by atoms with E-state index >= 15 is 4.39 Å². The van der Waals surface area contributed by atoms with Gasteiger partial charge >= 0.3 is 6.18 Å². The van der Waals surface area contributed by atoms with Crippen LogP contribution in [0.1, 0.15) is 5.56 Å². The van der Waals surface area contributed by atoms with E-state index in [0.717, 1.165) is 30.5 Å². The standard InChI is InChI=1S/C25H15F6N7O2S/c26-14-4-2-5-15(27)22(14)41(39,40)38-17-6-1-3-11(20(17)28)16-7-8-18-21(35-16)23(33)37-24(36-18)12-10-34-19(32)9-13(12)25(29,30)31/h1-10,38H,(H2,32,34)(H2,33,36,37). The third-order valence-electron chi connectivity index (χ3n) is 5.75. The van der Waals surface area contributed by atoms with E-state index in [1.165, 1.54) is 24.3 Å². The van der Waals surface area contributed by atoms with Crippen molar-refractivity contribution < 1.29 is 34.8 Å². The molecule has 5 N–H and O–H groups in total. The zero-order valence-corrected chi connectivity index (χ0v) is 21.0. The van der Waals surface area contributed by atoms with E-state index < -0.39 is 61.2 Å². The van der Waals surface area contributed by atoms with E-state index in [4.69, 9.17) is 11.5 Å². The van der Waals surface area contributed by atoms with Crippen molar-refractivity contribution in [2.45, 2.75) is 11.1 Å². The van der Waals surface area contributed by atoms with Crippen LogP contribution in [0.3, 0.4) is 0 Å². The molecule has 0 saturated carbocycles. The van der Waals surface area contributed by atoms with Crippen molar-refractivity contribution in [3.8, 4) is 22.6 Å². The first-order valence-corrected chi connectivity index (χ1v) is 12.8. The van der Waals surface area contributed by atoms with Gasteiger partial charge in [0.15, 0.2) is 22.4 Å². The lowest BCUT2D eigenvalue weighted by atomic mass is 10.1. The largest absolute Gasteiger partial charge is 0.417 e. The number of alkyl halides is 3. The van der Waals surface area contributed by atoms with E-state index in [9.17, 15) is 30.4 Å². The Labute approximate surface area is 227 Å². The van der Waals surface area contributed by atoms with Gasteiger partial charge in [-0.05, 0) is 42.5 Å². The minimum Gasteiger partial charge on any atom is -0.384 e. The number of benzene rings is 2. The molecule has 0 saturated heterocycles. The summed E-state index contributed by atoms with van der Waals surface area (Å²) < 4.78 is 111. The van der Waals surface area contributed by atoms with E-state index in [0.29, 0.717) is 6.07 Å². The van der Waals surface area contributed by atoms with E-state index in [2.05, 4.69) is 19.9 Å². The molecule has 0 fully saturated rings. The molecule has 5 rings (SSSR count). The second-order valence-electron chi connectivity index (χ2n) is 8.47. The van der Waals surface area contributed by atoms with Crippen molar-refractivity contribution in [3.05, 3.63) is 83.8 Å². The van der Waals surface area contributed by atoms with E-state index in [1.807, 2.05) is 4.72 Å². The normalized spacial score (nSPS) is 12.0. The third-order valence-corrected chi connectivity index (χ3v) is 7.16. The van der Waals surface area contributed by atoms with Crippen LogP contribution in [-0.2, 0) is 16.2 Å². The number of nitrogen functional groups attached to an aromatic ring is 2. The molecule has 41 heavy (non-hydrogen) atoms. The Bertz CT molecular complexity index is 1930. The van der Waals surface area contributed by atoms with Gasteiger partial charge in [0.25, 0.3) is 10.0 Å². The zero-order chi connectivity index (χ0) is 29.7. The molecule has 2 aromatic carbocycles. The molecule has 0 aliphatic rings. The number of anilines is 3. The highest BCUT2D eigenvalue weighted by Crippen LogP contribution is 2.37. The lowest BCUT2D eigenvalue weighted by molar-refractivity contribution is -0.137. The maximum absolute atomic E-state index is 15.4. The van der Waals surface area contributed by atoms with Crippen LogP contribution in [0.2, 0.25) is 0 Å². The van der Waals surface area contributed by atoms with Gasteiger partial charge in [-0.2, -0.15) is 13.2 Å². The number of halogens is 6. The van der Waals surface area contributed by atoms with Crippen LogP contribution < -0.4 is 16.2 Å². The van der Waals surface area contributed by atoms with Gasteiger partial charge in [0.2, 0.25) is 0 Å². The van der Waals surface area contributed by atoms with Crippen molar-refractivity contribution in [2.75, 3.05) is 16.2 Å². The van der Waals surface area contributed by atoms with Crippen molar-refractivity contribution >= 4 is 38.4 Å². The molecule has 0 bridgehead atoms. The number of pyridine rings is 2. The topological polar surface area (TPSA) is 150 Å². The average molecular weight is 591 g/mol. The first kappa shape index (κ1) is 27.6. The smallest absolute Gasteiger partial charge is 0.384 e. The lowest BCUT2D eigenvalue weighted by Crippen LogP contribution is -2.17. The van der Waals surface area contributed by atoms with Crippen LogP contribution in [0, 0.1) is 17.5 Å². The molecule has 9 nitrogen and oxygen atoms in total. The number of rotatable bonds is 5. The van der Waals surface area contributed by atoms with E-state index in [-0.39, 0.29) is 33.9 Å². The number of nitrogens with one attached hydrogen (secondary N) is 1. The zero-order valence-electron chi connectivity index (χ0n) is 20.2. The SMILES string of the molecule is Nc1cc(C(F)(F)F)c(-c2nc(N)c3nc(-c4cccc(NS(=O)(=O)c5c(F)cccc5F)c4F)ccc3n2)cn1. The predicted octanol–water partition coefficient (Wildman–Crippen LogP) is 5.16. The van der Waals surface area contributed by atoms with Crippen LogP contribution in [0.25, 0.3) is 33.7 Å². The molecule has 0 atom stereocenters. The number of fused-ring (bicyclic) bond motifs is 1. The van der Waals surface area contributed by atoms with Gasteiger partial charge in [-0.1, -0.05) is 12.1 Å². The Morgan fingerprint density at radius 3 is 2.20 bits per heavy atom. The van der Waals surface area contributed by atoms with Crippen molar-refractivity contribution in [2.24, 2.45) is 0 Å². The molecule has 0 unspecified atom stereocenters. The Morgan fingerprint density at radius 2 is 1.51 bits per heavy atom. The Balaban J connectivity index is 1.55. The molecule has 3 heterocycles. The lowest BCUT2D eigenvalue weighted by Gasteiger charge is -2.14. The number of sulfonamides is 1. The molecular formula is C25H15F6N7O2S. The summed E-state index contributed by atoms with van der Waals surface area (Å²) in [5.74, 6) is -5.02. The molecule has 0 aliphatic heterocycles. The van der Waals surface area contributed by atoms with Gasteiger partial charge in [-0.15, -0.1) is 0 Å². The first-order valence-electron chi connectivity index (χ1n) is 11.3. The highest BCUT2D eigenvalue weighted by atomic mass is 32.2. The summed E-state index contributed by atoms with van der Waals surface area (Å²) in [6.07, 6.45) is -3.95. The number of nitrogens with two attached hydrogens (primary N) is 2. The summed E-state index contributed by atoms with van der Waals surface area (Å²) in [7, 11) is -4.88. The quantitative estimate of drug-likeness (QED) is 0.238. The summed E-state index contributed by atoms with van der Waals surface area (Å²) in [6.45, 7) is 0. The molecule has 3 aromatic heterocycles. The molecule has 0 aliphatic carbocycles. The number of aromatic nitrogens is 4. The Kier molecular flexibility index (Phi) is 6.65. The summed E-state index contributed by atoms with van der Waals surface area (Å²) in [5, 5.41) is 0. The van der Waals surface area contributed by atoms with Gasteiger partial charge < -0.3 is 11.5 Å². The molecular weight excluding hydrogens is 576 g/mol. The van der Waals surface area contributed by atoms with Gasteiger partial charge in [0.05, 0.1) is 22.5 Å². The number of hydrogen-bond acceptors (Lipinski definition) is 8. The van der Waals surface area contributed by atoms with Gasteiger partial charge in [-0.25, -0.2) is 41.5 Å². The van der Waals surface area contributed by atoms with Crippen molar-refractivity contribution in [1.82, 2.24) is 19.9 Å². The van der Waals surface area contributed by atoms with Gasteiger partial charge in [0.1, 0.15) is 23.0 Å². The molecule has 0 radical (unpaired) electrons. The van der Waals surface area contributed by atoms with E-state index in [1.54, 1.807) is 0 Å². The van der Waals surface area contributed by atoms with Crippen LogP contribution in [0.5, 0.6) is 0 Å². The maximum atomic E-state index is 15.4. The maximum Gasteiger partial charge on any atom is 0.417 e. The third kappa shape index (κ3) is 5.16. The number of nitrogens with zero attached hydrogens (tertiary/aromatic N) is 4. The summed E-state index contributed by atoms with van der Waals surface area (Å²) in [4.78, 5) is 14.6. The van der Waals surface area contributed by atoms with Crippen LogP contribution in [-0.4, -0.2) is 28.4 Å². The first-order chi connectivity index (χ1) is 19.3. The van der Waals surface area contributed by atoms with Crippen molar-refractivity contribution in [1.29, 1.82) is 0 Å². The Hall–Kier alpha value is -4.99. The van der Waals surface area contributed by atoms with Gasteiger partial charge in [0, 0.05) is 17.3 Å². The molecule has 16 heteroatoms. The van der Waals surface area contributed by atoms with Crippen LogP contribution in [0.4, 0.5) is 43.7 Å². The fourth-order valence-corrected chi connectivity index (χ4v) is 5.13. The minimum absolute atomic E-state index is 0.00786. The monoisotopic (exact) mass is 591 g/mol. The summed E-state index contributed by atoms with van der Waals surface area (Å²) in [6, 6.07) is 9.14. The summed E-state index contributed by atoms with van der Waals surface area (Å²) >= 11 is 0. The molecule has 5 aromatic rings. The summed E-state index contributed by atoms with van der Waals surface area (Å²) in [5.41, 5.74) is 8.71. The second-order valence-corrected chi connectivity index (χ2v) is 10.1. The molecule has 0 amide bonds. The second kappa shape index (κ2) is 9.88. The molecule has 210 valence electrons. The van der Waals surface area contributed by atoms with Gasteiger partial charge in [-0.3, -0.25) is 4.72 Å². The Morgan fingerprint density at radius 1 is 0.829 bits per heavy atom. The fraction of sp³-hybridized carbons (Fsp3) is 0.0400. The highest BCUT2D eigenvalue weighted by Gasteiger charge is 2.35. The fourth-order valence-electron chi connectivity index (χ4n) is 3.94. The average Bonchev–Trinajstić information content (AvgIpc) is 2.89. The van der Waals surface area contributed by atoms with Crippen LogP contribution >= 0.6 is 0 Å². The highest BCUT2D eigenvalue weighted by molar-refractivity contribution is 7.92. The minimum atomic E-state index is -4.88.